The fourth-order valence-corrected chi connectivity index (χ4v) is 15.1. The van der Waals surface area contributed by atoms with E-state index in [1.807, 2.05) is 0 Å². The Morgan fingerprint density at radius 3 is 1.24 bits per heavy atom. The monoisotopic (exact) mass is 845 g/mol. The van der Waals surface area contributed by atoms with Crippen molar-refractivity contribution >= 4 is 11.9 Å². The molecule has 6 aliphatic carbocycles. The third-order valence-electron chi connectivity index (χ3n) is 18.7. The fraction of sp³-hybridized carbons (Fsp3) is 0.690. The van der Waals surface area contributed by atoms with Crippen LogP contribution in [0.2, 0.25) is 0 Å². The van der Waals surface area contributed by atoms with Gasteiger partial charge in [0.15, 0.2) is 0 Å². The zero-order valence-corrected chi connectivity index (χ0v) is 40.4. The summed E-state index contributed by atoms with van der Waals surface area (Å²) in [6.45, 7) is 35.6. The summed E-state index contributed by atoms with van der Waals surface area (Å²) in [5, 5.41) is 0. The van der Waals surface area contributed by atoms with Crippen molar-refractivity contribution < 1.29 is 19.1 Å². The molecule has 4 heteroatoms. The molecule has 2 unspecified atom stereocenters. The number of esters is 2. The first kappa shape index (κ1) is 46.8. The number of hydrogen-bond acceptors (Lipinski definition) is 4. The lowest BCUT2D eigenvalue weighted by molar-refractivity contribution is -0.140. The molecule has 0 spiro atoms. The van der Waals surface area contributed by atoms with Crippen LogP contribution in [0.4, 0.5) is 0 Å². The second-order valence-electron chi connectivity index (χ2n) is 23.0. The zero-order chi connectivity index (χ0) is 44.7. The highest BCUT2D eigenvalue weighted by molar-refractivity contribution is 5.90. The van der Waals surface area contributed by atoms with Gasteiger partial charge in [-0.25, -0.2) is 9.59 Å². The molecule has 6 saturated carbocycles. The average molecular weight is 845 g/mol. The molecule has 0 bridgehead atoms. The van der Waals surface area contributed by atoms with Gasteiger partial charge < -0.3 is 9.47 Å². The van der Waals surface area contributed by atoms with Crippen molar-refractivity contribution in [1.82, 2.24) is 0 Å². The van der Waals surface area contributed by atoms with E-state index in [1.165, 1.54) is 101 Å². The van der Waals surface area contributed by atoms with Crippen LogP contribution < -0.4 is 0 Å². The van der Waals surface area contributed by atoms with E-state index >= 15 is 0 Å². The van der Waals surface area contributed by atoms with Crippen LogP contribution in [0.1, 0.15) is 171 Å². The van der Waals surface area contributed by atoms with Gasteiger partial charge in [-0.1, -0.05) is 139 Å². The lowest BCUT2D eigenvalue weighted by Gasteiger charge is -2.44. The molecule has 0 aromatic rings. The summed E-state index contributed by atoms with van der Waals surface area (Å²) in [6, 6.07) is 0. The third-order valence-corrected chi connectivity index (χ3v) is 18.7. The molecular weight excluding hydrogens is 761 g/mol. The van der Waals surface area contributed by atoms with Gasteiger partial charge in [-0.3, -0.25) is 0 Å². The van der Waals surface area contributed by atoms with Crippen LogP contribution in [0, 0.1) is 70.0 Å². The largest absolute Gasteiger partial charge is 0.459 e. The Kier molecular flexibility index (Phi) is 14.5. The lowest BCUT2D eigenvalue weighted by atomic mass is 9.60. The molecule has 0 aromatic carbocycles. The number of allylic oxidation sites excluding steroid dienone is 10. The maximum Gasteiger partial charge on any atom is 0.333 e. The number of carbonyl (C=O) groups is 2. The van der Waals surface area contributed by atoms with Crippen LogP contribution in [-0.4, -0.2) is 24.1 Å². The minimum absolute atomic E-state index is 0.0472. The molecule has 8 fully saturated rings. The van der Waals surface area contributed by atoms with Crippen LogP contribution in [0.25, 0.3) is 0 Å². The van der Waals surface area contributed by atoms with E-state index in [1.54, 1.807) is 22.3 Å². The van der Waals surface area contributed by atoms with Crippen molar-refractivity contribution in [3.05, 3.63) is 95.2 Å². The molecule has 0 N–H and O–H groups in total. The normalized spacial score (nSPS) is 40.8. The van der Waals surface area contributed by atoms with Gasteiger partial charge >= 0.3 is 11.9 Å². The van der Waals surface area contributed by atoms with Gasteiger partial charge in [-0.05, 0) is 173 Å². The van der Waals surface area contributed by atoms with E-state index in [2.05, 4.69) is 106 Å². The van der Waals surface area contributed by atoms with Crippen LogP contribution >= 0.6 is 0 Å². The zero-order valence-electron chi connectivity index (χ0n) is 40.4. The molecule has 14 atom stereocenters. The predicted octanol–water partition coefficient (Wildman–Crippen LogP) is 15.2. The molecule has 62 heavy (non-hydrogen) atoms. The van der Waals surface area contributed by atoms with Crippen molar-refractivity contribution in [3.8, 4) is 0 Å². The molecule has 2 aliphatic heterocycles. The average Bonchev–Trinajstić information content (AvgIpc) is 3.95. The Balaban J connectivity index is 0.000000186. The van der Waals surface area contributed by atoms with E-state index in [0.29, 0.717) is 57.5 Å². The van der Waals surface area contributed by atoms with Gasteiger partial charge in [0.2, 0.25) is 0 Å². The van der Waals surface area contributed by atoms with E-state index in [-0.39, 0.29) is 24.1 Å². The highest BCUT2D eigenvalue weighted by atomic mass is 16.6. The van der Waals surface area contributed by atoms with E-state index in [0.717, 1.165) is 49.4 Å². The molecule has 2 saturated heterocycles. The van der Waals surface area contributed by atoms with Crippen LogP contribution in [-0.2, 0) is 19.1 Å². The molecule has 0 radical (unpaired) electrons. The van der Waals surface area contributed by atoms with Crippen LogP contribution in [0.5, 0.6) is 0 Å². The quantitative estimate of drug-likeness (QED) is 0.139. The highest BCUT2D eigenvalue weighted by Crippen LogP contribution is 2.61. The number of cyclic esters (lactones) is 2. The van der Waals surface area contributed by atoms with Gasteiger partial charge in [0.05, 0.1) is 0 Å². The Morgan fingerprint density at radius 1 is 0.565 bits per heavy atom. The van der Waals surface area contributed by atoms with Crippen molar-refractivity contribution in [2.24, 2.45) is 70.0 Å². The Labute approximate surface area is 378 Å². The number of rotatable bonds is 8. The van der Waals surface area contributed by atoms with Crippen molar-refractivity contribution in [2.75, 3.05) is 0 Å². The van der Waals surface area contributed by atoms with Gasteiger partial charge in [0.25, 0.3) is 0 Å². The van der Waals surface area contributed by atoms with Gasteiger partial charge in [-0.2, -0.15) is 0 Å². The first-order chi connectivity index (χ1) is 29.4. The first-order valence-electron chi connectivity index (χ1n) is 25.3. The predicted molar refractivity (Wildman–Crippen MR) is 257 cm³/mol. The molecule has 4 nitrogen and oxygen atoms in total. The van der Waals surface area contributed by atoms with Gasteiger partial charge in [0, 0.05) is 24.0 Å². The maximum absolute atomic E-state index is 11.7. The van der Waals surface area contributed by atoms with Crippen molar-refractivity contribution in [3.63, 3.8) is 0 Å². The van der Waals surface area contributed by atoms with Crippen molar-refractivity contribution in [1.29, 1.82) is 0 Å². The van der Waals surface area contributed by atoms with Crippen molar-refractivity contribution in [2.45, 2.75) is 183 Å². The van der Waals surface area contributed by atoms with E-state index < -0.39 is 0 Å². The van der Waals surface area contributed by atoms with Crippen LogP contribution in [0.3, 0.4) is 0 Å². The summed E-state index contributed by atoms with van der Waals surface area (Å²) in [4.78, 5) is 23.5. The minimum atomic E-state index is -0.182. The second kappa shape index (κ2) is 19.1. The topological polar surface area (TPSA) is 52.6 Å². The number of ether oxygens (including phenoxy) is 2. The summed E-state index contributed by atoms with van der Waals surface area (Å²) < 4.78 is 11.1. The molecule has 8 rings (SSSR count). The first-order valence-corrected chi connectivity index (χ1v) is 25.3. The van der Waals surface area contributed by atoms with Gasteiger partial charge in [0.1, 0.15) is 12.2 Å². The summed E-state index contributed by atoms with van der Waals surface area (Å²) in [6.07, 6.45) is 31.3. The smallest absolute Gasteiger partial charge is 0.333 e. The second-order valence-corrected chi connectivity index (χ2v) is 23.0. The standard InChI is InChI=1S/2C29H42O2/c2*1-18-14-23(15-19(2)22(18)5)9-10-24-8-7-13-29(6)26(11-12-27(24)29)20(3)16-25-17-21(4)28(30)31-25/h2*9-10,18-20,25-27H,4-5,7-8,11-17H2,1-3,6H3/b2*24-10+/t18-,19-,20-,25+,26?,27+,29-;18-,19-,20-,25-,26?,27+,29-/m11/s1. The SMILES string of the molecule is C=C1C[C@@H](C[C@@H](C)C2CC[C@H]3/C(=C/C=C4C[C@@H](C)C(=C)[C@H](C)C4)CCC[C@]23C)OC1=O.C=C1C[C@H](C[C@@H](C)C2CC[C@H]3/C(=C/C=C4C[C@@H](C)C(=C)[C@H](C)C4)CCC[C@]23C)OC1=O. The Bertz CT molecular complexity index is 1700. The fourth-order valence-electron chi connectivity index (χ4n) is 15.1. The summed E-state index contributed by atoms with van der Waals surface area (Å²) in [7, 11) is 0. The summed E-state index contributed by atoms with van der Waals surface area (Å²) in [5.74, 6) is 6.15. The summed E-state index contributed by atoms with van der Waals surface area (Å²) in [5.41, 5.74) is 11.6. The van der Waals surface area contributed by atoms with E-state index in [9.17, 15) is 9.59 Å². The maximum atomic E-state index is 11.7. The molecule has 0 aromatic heterocycles. The Hall–Kier alpha value is -3.14. The molecule has 8 aliphatic rings. The molecule has 0 amide bonds. The lowest BCUT2D eigenvalue weighted by Crippen LogP contribution is -2.36. The number of fused-ring (bicyclic) bond motifs is 2. The van der Waals surface area contributed by atoms with Crippen LogP contribution in [0.15, 0.2) is 95.2 Å². The van der Waals surface area contributed by atoms with Gasteiger partial charge in [-0.15, -0.1) is 0 Å². The highest BCUT2D eigenvalue weighted by Gasteiger charge is 2.52. The third kappa shape index (κ3) is 9.76. The molecule has 2 heterocycles. The number of carbonyl (C=O) groups excluding carboxylic acids is 2. The molecule has 340 valence electrons. The van der Waals surface area contributed by atoms with E-state index in [4.69, 9.17) is 9.47 Å². The summed E-state index contributed by atoms with van der Waals surface area (Å²) >= 11 is 0. The number of hydrogen-bond donors (Lipinski definition) is 0. The Morgan fingerprint density at radius 2 is 0.919 bits per heavy atom. The molecular formula is C58H84O4. The minimum Gasteiger partial charge on any atom is -0.459 e.